The van der Waals surface area contributed by atoms with Gasteiger partial charge in [-0.1, -0.05) is 13.8 Å². The molecule has 0 aliphatic rings. The number of rotatable bonds is 6. The van der Waals surface area contributed by atoms with Crippen LogP contribution in [0, 0.1) is 0 Å². The fourth-order valence-corrected chi connectivity index (χ4v) is 1.73. The zero-order valence-electron chi connectivity index (χ0n) is 11.3. The average molecular weight is 302 g/mol. The van der Waals surface area contributed by atoms with Crippen LogP contribution in [-0.2, 0) is 10.0 Å². The third kappa shape index (κ3) is 4.72. The summed E-state index contributed by atoms with van der Waals surface area (Å²) < 4.78 is 21.6. The van der Waals surface area contributed by atoms with Gasteiger partial charge < -0.3 is 10.7 Å². The summed E-state index contributed by atoms with van der Waals surface area (Å²) in [5, 5.41) is 7.26. The Labute approximate surface area is 117 Å². The van der Waals surface area contributed by atoms with Gasteiger partial charge in [-0.2, -0.15) is 0 Å². The highest BCUT2D eigenvalue weighted by Crippen LogP contribution is 2.15. The third-order valence-corrected chi connectivity index (χ3v) is 3.14. The average Bonchev–Trinajstić information content (AvgIpc) is 2.36. The van der Waals surface area contributed by atoms with Gasteiger partial charge in [-0.25, -0.2) is 23.5 Å². The van der Waals surface area contributed by atoms with E-state index in [0.717, 1.165) is 0 Å². The highest BCUT2D eigenvalue weighted by atomic mass is 32.2. The molecule has 0 fully saturated rings. The number of nitrogen functional groups attached to an aromatic ring is 1. The molecule has 10 heteroatoms. The number of sulfonamides is 1. The Morgan fingerprint density at radius 2 is 2.10 bits per heavy atom. The molecule has 0 aromatic carbocycles. The van der Waals surface area contributed by atoms with E-state index < -0.39 is 15.9 Å². The van der Waals surface area contributed by atoms with Crippen LogP contribution in [0.15, 0.2) is 6.20 Å². The van der Waals surface area contributed by atoms with Gasteiger partial charge in [-0.15, -0.1) is 0 Å². The van der Waals surface area contributed by atoms with Crippen molar-refractivity contribution in [3.8, 4) is 0 Å². The number of carbonyl (C=O) groups is 1. The van der Waals surface area contributed by atoms with Gasteiger partial charge >= 0.3 is 0 Å². The summed E-state index contributed by atoms with van der Waals surface area (Å²) in [6, 6.07) is 0. The SMILES string of the molecule is CC(C)c1ncc(NN)c(C(=O)NCCS(N)(=O)=O)n1. The van der Waals surface area contributed by atoms with Crippen LogP contribution in [0.5, 0.6) is 0 Å². The minimum atomic E-state index is -3.63. The first-order chi connectivity index (χ1) is 9.24. The molecule has 20 heavy (non-hydrogen) atoms. The van der Waals surface area contributed by atoms with Crippen molar-refractivity contribution in [2.24, 2.45) is 11.0 Å². The standard InChI is InChI=1S/C10H18N6O3S/c1-6(2)9-14-5-7(16-11)8(15-9)10(17)13-3-4-20(12,18)19/h5-6,16H,3-4,11H2,1-2H3,(H,13,17)(H2,12,18,19). The Kier molecular flexibility index (Phi) is 5.36. The molecular weight excluding hydrogens is 284 g/mol. The number of hydrazine groups is 1. The molecule has 1 amide bonds. The molecule has 9 nitrogen and oxygen atoms in total. The molecule has 0 saturated heterocycles. The van der Waals surface area contributed by atoms with Crippen molar-refractivity contribution in [1.29, 1.82) is 0 Å². The van der Waals surface area contributed by atoms with E-state index in [9.17, 15) is 13.2 Å². The molecule has 0 bridgehead atoms. The summed E-state index contributed by atoms with van der Waals surface area (Å²) >= 11 is 0. The van der Waals surface area contributed by atoms with Crippen LogP contribution in [0.2, 0.25) is 0 Å². The van der Waals surface area contributed by atoms with Crippen LogP contribution in [0.1, 0.15) is 36.1 Å². The second-order valence-electron chi connectivity index (χ2n) is 4.41. The molecule has 0 radical (unpaired) electrons. The number of aromatic nitrogens is 2. The van der Waals surface area contributed by atoms with E-state index in [0.29, 0.717) is 5.82 Å². The van der Waals surface area contributed by atoms with Crippen molar-refractivity contribution in [2.45, 2.75) is 19.8 Å². The number of anilines is 1. The molecule has 0 atom stereocenters. The first-order valence-corrected chi connectivity index (χ1v) is 7.58. The zero-order chi connectivity index (χ0) is 15.3. The first-order valence-electron chi connectivity index (χ1n) is 5.87. The molecule has 1 rings (SSSR count). The van der Waals surface area contributed by atoms with Crippen molar-refractivity contribution in [1.82, 2.24) is 15.3 Å². The lowest BCUT2D eigenvalue weighted by Crippen LogP contribution is -2.33. The molecule has 1 aromatic rings. The maximum Gasteiger partial charge on any atom is 0.272 e. The Morgan fingerprint density at radius 3 is 2.60 bits per heavy atom. The van der Waals surface area contributed by atoms with E-state index in [2.05, 4.69) is 20.7 Å². The number of primary sulfonamides is 1. The number of nitrogens with one attached hydrogen (secondary N) is 2. The van der Waals surface area contributed by atoms with Crippen LogP contribution in [-0.4, -0.2) is 36.6 Å². The Bertz CT molecular complexity index is 587. The lowest BCUT2D eigenvalue weighted by atomic mass is 10.2. The van der Waals surface area contributed by atoms with Gasteiger partial charge in [0.1, 0.15) is 5.82 Å². The molecule has 0 saturated carbocycles. The molecular formula is C10H18N6O3S. The van der Waals surface area contributed by atoms with Gasteiger partial charge in [0, 0.05) is 12.5 Å². The van der Waals surface area contributed by atoms with Crippen molar-refractivity contribution in [3.05, 3.63) is 17.7 Å². The maximum atomic E-state index is 12.0. The fourth-order valence-electron chi connectivity index (χ4n) is 1.34. The van der Waals surface area contributed by atoms with Gasteiger partial charge in [0.15, 0.2) is 5.69 Å². The Hall–Kier alpha value is -1.78. The van der Waals surface area contributed by atoms with E-state index in [-0.39, 0.29) is 29.6 Å². The van der Waals surface area contributed by atoms with E-state index >= 15 is 0 Å². The quantitative estimate of drug-likeness (QED) is 0.384. The van der Waals surface area contributed by atoms with E-state index in [4.69, 9.17) is 11.0 Å². The highest BCUT2D eigenvalue weighted by molar-refractivity contribution is 7.89. The Morgan fingerprint density at radius 1 is 1.45 bits per heavy atom. The van der Waals surface area contributed by atoms with Crippen LogP contribution < -0.4 is 21.7 Å². The van der Waals surface area contributed by atoms with Gasteiger partial charge in [0.25, 0.3) is 5.91 Å². The number of amides is 1. The van der Waals surface area contributed by atoms with Crippen LogP contribution in [0.3, 0.4) is 0 Å². The third-order valence-electron chi connectivity index (χ3n) is 2.37. The van der Waals surface area contributed by atoms with Gasteiger partial charge in [-0.05, 0) is 0 Å². The first kappa shape index (κ1) is 16.3. The number of nitrogens with zero attached hydrogens (tertiary/aromatic N) is 2. The summed E-state index contributed by atoms with van der Waals surface area (Å²) in [4.78, 5) is 20.1. The summed E-state index contributed by atoms with van der Waals surface area (Å²) in [5.41, 5.74) is 2.63. The van der Waals surface area contributed by atoms with E-state index in [1.165, 1.54) is 6.20 Å². The monoisotopic (exact) mass is 302 g/mol. The fraction of sp³-hybridized carbons (Fsp3) is 0.500. The van der Waals surface area contributed by atoms with Crippen LogP contribution in [0.4, 0.5) is 5.69 Å². The molecule has 0 unspecified atom stereocenters. The molecule has 112 valence electrons. The van der Waals surface area contributed by atoms with Gasteiger partial charge in [0.2, 0.25) is 10.0 Å². The molecule has 6 N–H and O–H groups in total. The van der Waals surface area contributed by atoms with Crippen molar-refractivity contribution < 1.29 is 13.2 Å². The van der Waals surface area contributed by atoms with E-state index in [1.54, 1.807) is 0 Å². The summed E-state index contributed by atoms with van der Waals surface area (Å²) in [6.07, 6.45) is 1.40. The summed E-state index contributed by atoms with van der Waals surface area (Å²) in [5.74, 6) is 4.91. The molecule has 0 spiro atoms. The van der Waals surface area contributed by atoms with Gasteiger partial charge in [0.05, 0.1) is 17.6 Å². The molecule has 1 heterocycles. The minimum Gasteiger partial charge on any atom is -0.350 e. The maximum absolute atomic E-state index is 12.0. The highest BCUT2D eigenvalue weighted by Gasteiger charge is 2.16. The van der Waals surface area contributed by atoms with E-state index in [1.807, 2.05) is 13.8 Å². The molecule has 1 aromatic heterocycles. The largest absolute Gasteiger partial charge is 0.350 e. The summed E-state index contributed by atoms with van der Waals surface area (Å²) in [6.45, 7) is 3.66. The van der Waals surface area contributed by atoms with Crippen molar-refractivity contribution in [2.75, 3.05) is 17.7 Å². The van der Waals surface area contributed by atoms with Gasteiger partial charge in [-0.3, -0.25) is 10.6 Å². The summed E-state index contributed by atoms with van der Waals surface area (Å²) in [7, 11) is -3.63. The smallest absolute Gasteiger partial charge is 0.272 e. The molecule has 0 aliphatic heterocycles. The number of hydrogen-bond donors (Lipinski definition) is 4. The lowest BCUT2D eigenvalue weighted by Gasteiger charge is -2.11. The second-order valence-corrected chi connectivity index (χ2v) is 6.15. The number of nitrogens with two attached hydrogens (primary N) is 2. The van der Waals surface area contributed by atoms with Crippen molar-refractivity contribution in [3.63, 3.8) is 0 Å². The minimum absolute atomic E-state index is 0.0396. The number of hydrogen-bond acceptors (Lipinski definition) is 7. The predicted octanol–water partition coefficient (Wildman–Crippen LogP) is -1.10. The second kappa shape index (κ2) is 6.59. The topological polar surface area (TPSA) is 153 Å². The van der Waals surface area contributed by atoms with Crippen LogP contribution in [0.25, 0.3) is 0 Å². The predicted molar refractivity (Wildman–Crippen MR) is 74.2 cm³/mol. The molecule has 0 aliphatic carbocycles. The normalized spacial score (nSPS) is 11.4. The van der Waals surface area contributed by atoms with Crippen molar-refractivity contribution >= 4 is 21.6 Å². The lowest BCUT2D eigenvalue weighted by molar-refractivity contribution is 0.0951. The van der Waals surface area contributed by atoms with Crippen LogP contribution >= 0.6 is 0 Å². The zero-order valence-corrected chi connectivity index (χ0v) is 12.1. The number of carbonyl (C=O) groups excluding carboxylic acids is 1. The Balaban J connectivity index is 2.87.